The predicted octanol–water partition coefficient (Wildman–Crippen LogP) is 4.33. The van der Waals surface area contributed by atoms with Crippen molar-refractivity contribution >= 4 is 23.2 Å². The van der Waals surface area contributed by atoms with Gasteiger partial charge >= 0.3 is 0 Å². The number of anilines is 1. The number of alkyl halides is 1. The number of carbonyl (C=O) groups excluding carboxylic acids is 1. The molecular weight excluding hydrogens is 282 g/mol. The molecule has 0 fully saturated rings. The number of carbonyl (C=O) groups is 1. The van der Waals surface area contributed by atoms with Crippen molar-refractivity contribution in [1.82, 2.24) is 0 Å². The summed E-state index contributed by atoms with van der Waals surface area (Å²) in [5.41, 5.74) is 4.45. The first kappa shape index (κ1) is 15.6. The Labute approximate surface area is 131 Å². The molecule has 2 nitrogen and oxygen atoms in total. The van der Waals surface area contributed by atoms with Gasteiger partial charge in [-0.15, -0.1) is 11.6 Å². The highest BCUT2D eigenvalue weighted by Crippen LogP contribution is 2.19. The van der Waals surface area contributed by atoms with Gasteiger partial charge in [0.1, 0.15) is 5.88 Å². The van der Waals surface area contributed by atoms with Crippen molar-refractivity contribution in [2.75, 3.05) is 10.8 Å². The summed E-state index contributed by atoms with van der Waals surface area (Å²) in [7, 11) is 0. The predicted molar refractivity (Wildman–Crippen MR) is 88.9 cm³/mol. The molecule has 0 aliphatic heterocycles. The van der Waals surface area contributed by atoms with E-state index in [0.717, 1.165) is 17.7 Å². The van der Waals surface area contributed by atoms with E-state index in [1.165, 1.54) is 11.1 Å². The van der Waals surface area contributed by atoms with Gasteiger partial charge < -0.3 is 4.90 Å². The lowest BCUT2D eigenvalue weighted by atomic mass is 10.1. The highest BCUT2D eigenvalue weighted by Gasteiger charge is 2.15. The number of rotatable bonds is 5. The summed E-state index contributed by atoms with van der Waals surface area (Å²) >= 11 is 5.76. The second-order valence-electron chi connectivity index (χ2n) is 5.12. The van der Waals surface area contributed by atoms with Crippen LogP contribution in [-0.2, 0) is 17.8 Å². The molecule has 0 saturated carbocycles. The minimum atomic E-state index is -0.0820. The van der Waals surface area contributed by atoms with Crippen LogP contribution in [0.25, 0.3) is 0 Å². The summed E-state index contributed by atoms with van der Waals surface area (Å²) in [5, 5.41) is 0. The Morgan fingerprint density at radius 2 is 1.57 bits per heavy atom. The molecule has 3 heteroatoms. The molecule has 1 amide bonds. The van der Waals surface area contributed by atoms with E-state index in [9.17, 15) is 4.79 Å². The molecule has 0 aliphatic rings. The molecule has 0 heterocycles. The fraction of sp³-hybridized carbons (Fsp3) is 0.278. The van der Waals surface area contributed by atoms with Gasteiger partial charge in [0.2, 0.25) is 5.91 Å². The zero-order valence-corrected chi connectivity index (χ0v) is 13.2. The van der Waals surface area contributed by atoms with Gasteiger partial charge in [0.25, 0.3) is 0 Å². The molecule has 0 atom stereocenters. The average Bonchev–Trinajstić information content (AvgIpc) is 2.54. The largest absolute Gasteiger partial charge is 0.307 e. The second-order valence-corrected chi connectivity index (χ2v) is 5.39. The monoisotopic (exact) mass is 301 g/mol. The lowest BCUT2D eigenvalue weighted by Crippen LogP contribution is -2.31. The lowest BCUT2D eigenvalue weighted by Gasteiger charge is -2.22. The Balaban J connectivity index is 2.25. The Morgan fingerprint density at radius 3 is 2.10 bits per heavy atom. The first-order valence-electron chi connectivity index (χ1n) is 7.15. The summed E-state index contributed by atoms with van der Waals surface area (Å²) in [5.74, 6) is -0.0945. The van der Waals surface area contributed by atoms with Crippen LogP contribution in [0.2, 0.25) is 0 Å². The first-order valence-corrected chi connectivity index (χ1v) is 7.68. The molecule has 0 aliphatic carbocycles. The van der Waals surface area contributed by atoms with E-state index >= 15 is 0 Å². The number of hydrogen-bond donors (Lipinski definition) is 0. The number of hydrogen-bond acceptors (Lipinski definition) is 1. The van der Waals surface area contributed by atoms with Crippen molar-refractivity contribution in [1.29, 1.82) is 0 Å². The molecule has 0 saturated heterocycles. The Bertz CT molecular complexity index is 590. The molecule has 0 radical (unpaired) electrons. The maximum absolute atomic E-state index is 12.1. The van der Waals surface area contributed by atoms with Crippen molar-refractivity contribution in [3.05, 3.63) is 65.2 Å². The van der Waals surface area contributed by atoms with Crippen molar-refractivity contribution < 1.29 is 4.79 Å². The van der Waals surface area contributed by atoms with E-state index in [-0.39, 0.29) is 11.8 Å². The number of nitrogens with zero attached hydrogens (tertiary/aromatic N) is 1. The first-order chi connectivity index (χ1) is 10.1. The molecule has 21 heavy (non-hydrogen) atoms. The van der Waals surface area contributed by atoms with Crippen molar-refractivity contribution in [3.63, 3.8) is 0 Å². The second kappa shape index (κ2) is 7.28. The quantitative estimate of drug-likeness (QED) is 0.753. The standard InChI is InChI=1S/C18H20ClNO/c1-3-15-8-10-17(11-9-15)20(18(21)12-19)13-16-6-4-14(2)5-7-16/h4-11H,3,12-13H2,1-2H3. The van der Waals surface area contributed by atoms with Gasteiger partial charge in [0.05, 0.1) is 6.54 Å². The van der Waals surface area contributed by atoms with Gasteiger partial charge in [-0.05, 0) is 36.6 Å². The van der Waals surface area contributed by atoms with E-state index in [1.807, 2.05) is 24.3 Å². The lowest BCUT2D eigenvalue weighted by molar-refractivity contribution is -0.116. The van der Waals surface area contributed by atoms with Gasteiger partial charge in [-0.25, -0.2) is 0 Å². The third-order valence-electron chi connectivity index (χ3n) is 3.53. The van der Waals surface area contributed by atoms with E-state index in [1.54, 1.807) is 4.90 Å². The SMILES string of the molecule is CCc1ccc(N(Cc2ccc(C)cc2)C(=O)CCl)cc1. The molecule has 110 valence electrons. The van der Waals surface area contributed by atoms with Gasteiger partial charge in [0, 0.05) is 5.69 Å². The van der Waals surface area contributed by atoms with E-state index < -0.39 is 0 Å². The van der Waals surface area contributed by atoms with Crippen LogP contribution in [0.1, 0.15) is 23.6 Å². The van der Waals surface area contributed by atoms with Crippen molar-refractivity contribution in [2.24, 2.45) is 0 Å². The fourth-order valence-electron chi connectivity index (χ4n) is 2.18. The molecule has 0 unspecified atom stereocenters. The molecular formula is C18H20ClNO. The molecule has 2 aromatic rings. The van der Waals surface area contributed by atoms with E-state index in [2.05, 4.69) is 38.1 Å². The minimum Gasteiger partial charge on any atom is -0.307 e. The van der Waals surface area contributed by atoms with Crippen LogP contribution < -0.4 is 4.90 Å². The summed E-state index contributed by atoms with van der Waals surface area (Å²) in [4.78, 5) is 13.9. The summed E-state index contributed by atoms with van der Waals surface area (Å²) in [6.45, 7) is 4.70. The third-order valence-corrected chi connectivity index (χ3v) is 3.76. The summed E-state index contributed by atoms with van der Waals surface area (Å²) in [6.07, 6.45) is 0.988. The number of amides is 1. The third kappa shape index (κ3) is 4.08. The van der Waals surface area contributed by atoms with Gasteiger partial charge in [0.15, 0.2) is 0 Å². The van der Waals surface area contributed by atoms with Crippen LogP contribution in [-0.4, -0.2) is 11.8 Å². The van der Waals surface area contributed by atoms with Crippen LogP contribution >= 0.6 is 11.6 Å². The number of benzene rings is 2. The Kier molecular flexibility index (Phi) is 5.40. The minimum absolute atomic E-state index is 0.0125. The number of aryl methyl sites for hydroxylation is 2. The maximum atomic E-state index is 12.1. The van der Waals surface area contributed by atoms with E-state index in [0.29, 0.717) is 6.54 Å². The average molecular weight is 302 g/mol. The molecule has 2 rings (SSSR count). The van der Waals surface area contributed by atoms with Crippen LogP contribution in [0, 0.1) is 6.92 Å². The van der Waals surface area contributed by atoms with E-state index in [4.69, 9.17) is 11.6 Å². The Hall–Kier alpha value is -1.80. The zero-order valence-electron chi connectivity index (χ0n) is 12.5. The highest BCUT2D eigenvalue weighted by molar-refractivity contribution is 6.29. The smallest absolute Gasteiger partial charge is 0.242 e. The van der Waals surface area contributed by atoms with Crippen LogP contribution in [0.4, 0.5) is 5.69 Å². The van der Waals surface area contributed by atoms with Gasteiger partial charge in [-0.1, -0.05) is 48.9 Å². The fourth-order valence-corrected chi connectivity index (χ4v) is 2.33. The maximum Gasteiger partial charge on any atom is 0.242 e. The number of halogens is 1. The topological polar surface area (TPSA) is 20.3 Å². The zero-order chi connectivity index (χ0) is 15.2. The van der Waals surface area contributed by atoms with Crippen LogP contribution in [0.15, 0.2) is 48.5 Å². The molecule has 0 N–H and O–H groups in total. The molecule has 2 aromatic carbocycles. The molecule has 0 aromatic heterocycles. The van der Waals surface area contributed by atoms with Crippen LogP contribution in [0.5, 0.6) is 0 Å². The Morgan fingerprint density at radius 1 is 1.00 bits per heavy atom. The van der Waals surface area contributed by atoms with Gasteiger partial charge in [-0.2, -0.15) is 0 Å². The van der Waals surface area contributed by atoms with Crippen LogP contribution in [0.3, 0.4) is 0 Å². The van der Waals surface area contributed by atoms with Gasteiger partial charge in [-0.3, -0.25) is 4.79 Å². The van der Waals surface area contributed by atoms with Crippen molar-refractivity contribution in [3.8, 4) is 0 Å². The highest BCUT2D eigenvalue weighted by atomic mass is 35.5. The summed E-state index contributed by atoms with van der Waals surface area (Å²) < 4.78 is 0. The summed E-state index contributed by atoms with van der Waals surface area (Å²) in [6, 6.07) is 16.3. The normalized spacial score (nSPS) is 10.4. The molecule has 0 bridgehead atoms. The molecule has 0 spiro atoms. The van der Waals surface area contributed by atoms with Crippen molar-refractivity contribution in [2.45, 2.75) is 26.8 Å².